The van der Waals surface area contributed by atoms with E-state index < -0.39 is 10.0 Å². The number of hydrogen-bond donors (Lipinski definition) is 0. The highest BCUT2D eigenvalue weighted by atomic mass is 79.9. The first kappa shape index (κ1) is 18.2. The summed E-state index contributed by atoms with van der Waals surface area (Å²) in [4.78, 5) is 5.08. The van der Waals surface area contributed by atoms with E-state index in [0.29, 0.717) is 17.1 Å². The molecule has 0 fully saturated rings. The Morgan fingerprint density at radius 2 is 1.67 bits per heavy atom. The second-order valence-corrected chi connectivity index (χ2v) is 9.44. The molecule has 2 aromatic carbocycles. The number of sulfonamides is 1. The zero-order chi connectivity index (χ0) is 19.0. The van der Waals surface area contributed by atoms with Gasteiger partial charge in [0.1, 0.15) is 0 Å². The maximum atomic E-state index is 13.1. The Morgan fingerprint density at radius 1 is 0.963 bits per heavy atom. The Bertz CT molecular complexity index is 1080. The van der Waals surface area contributed by atoms with E-state index in [4.69, 9.17) is 4.98 Å². The molecule has 138 valence electrons. The summed E-state index contributed by atoms with van der Waals surface area (Å²) in [7, 11) is -3.59. The zero-order valence-corrected chi connectivity index (χ0v) is 17.3. The van der Waals surface area contributed by atoms with E-state index in [1.54, 1.807) is 12.1 Å². The molecule has 1 aliphatic rings. The third-order valence-electron chi connectivity index (χ3n) is 4.74. The van der Waals surface area contributed by atoms with Gasteiger partial charge in [0.05, 0.1) is 22.0 Å². The van der Waals surface area contributed by atoms with Gasteiger partial charge in [-0.3, -0.25) is 9.29 Å². The van der Waals surface area contributed by atoms with Crippen molar-refractivity contribution in [2.24, 2.45) is 0 Å². The smallest absolute Gasteiger partial charge is 0.264 e. The first-order valence-corrected chi connectivity index (χ1v) is 11.0. The molecular weight excluding hydrogens is 424 g/mol. The van der Waals surface area contributed by atoms with Crippen LogP contribution in [0.3, 0.4) is 0 Å². The minimum atomic E-state index is -3.59. The number of hydrogen-bond acceptors (Lipinski definition) is 3. The molecule has 0 atom stereocenters. The summed E-state index contributed by atoms with van der Waals surface area (Å²) < 4.78 is 28.8. The predicted octanol–water partition coefficient (Wildman–Crippen LogP) is 4.96. The summed E-state index contributed by atoms with van der Waals surface area (Å²) in [5, 5.41) is 0. The summed E-state index contributed by atoms with van der Waals surface area (Å²) in [5.41, 5.74) is 4.42. The Balaban J connectivity index is 1.73. The van der Waals surface area contributed by atoms with Crippen LogP contribution >= 0.6 is 15.9 Å². The van der Waals surface area contributed by atoms with Gasteiger partial charge in [0.2, 0.25) is 0 Å². The summed E-state index contributed by atoms with van der Waals surface area (Å²) in [6.07, 6.45) is 1.54. The summed E-state index contributed by atoms with van der Waals surface area (Å²) in [6, 6.07) is 18.7. The molecule has 0 N–H and O–H groups in total. The molecule has 0 radical (unpaired) electrons. The standard InChI is InChI=1S/C21H19BrN2O2S/c1-15-4-10-18(11-5-15)27(25,26)24-14-2-3-20-21(24)13-12-19(23-20)16-6-8-17(22)9-7-16/h4-13H,2-3,14H2,1H3. The van der Waals surface area contributed by atoms with Crippen LogP contribution in [0.25, 0.3) is 11.3 Å². The van der Waals surface area contributed by atoms with Crippen LogP contribution in [0.4, 0.5) is 5.69 Å². The predicted molar refractivity (Wildman–Crippen MR) is 111 cm³/mol. The molecule has 27 heavy (non-hydrogen) atoms. The van der Waals surface area contributed by atoms with Crippen LogP contribution in [0.2, 0.25) is 0 Å². The van der Waals surface area contributed by atoms with Crippen molar-refractivity contribution in [2.75, 3.05) is 10.8 Å². The van der Waals surface area contributed by atoms with E-state index >= 15 is 0 Å². The van der Waals surface area contributed by atoms with Crippen LogP contribution in [0.1, 0.15) is 17.7 Å². The van der Waals surface area contributed by atoms with Crippen LogP contribution in [-0.4, -0.2) is 19.9 Å². The highest BCUT2D eigenvalue weighted by molar-refractivity contribution is 9.10. The Hall–Kier alpha value is -2.18. The highest BCUT2D eigenvalue weighted by Crippen LogP contribution is 2.33. The van der Waals surface area contributed by atoms with Gasteiger partial charge in [-0.05, 0) is 56.2 Å². The topological polar surface area (TPSA) is 50.3 Å². The summed E-state index contributed by atoms with van der Waals surface area (Å²) >= 11 is 3.44. The van der Waals surface area contributed by atoms with Crippen LogP contribution in [0.15, 0.2) is 70.0 Å². The van der Waals surface area contributed by atoms with Crippen molar-refractivity contribution in [3.05, 3.63) is 76.4 Å². The lowest BCUT2D eigenvalue weighted by Gasteiger charge is -2.30. The largest absolute Gasteiger partial charge is 0.264 e. The number of aryl methyl sites for hydroxylation is 2. The number of rotatable bonds is 3. The maximum absolute atomic E-state index is 13.1. The monoisotopic (exact) mass is 442 g/mol. The number of halogens is 1. The number of pyridine rings is 1. The van der Waals surface area contributed by atoms with Gasteiger partial charge in [0.15, 0.2) is 0 Å². The van der Waals surface area contributed by atoms with Gasteiger partial charge in [-0.2, -0.15) is 0 Å². The number of aromatic nitrogens is 1. The molecule has 4 nitrogen and oxygen atoms in total. The van der Waals surface area contributed by atoms with Crippen LogP contribution < -0.4 is 4.31 Å². The average molecular weight is 443 g/mol. The molecule has 0 bridgehead atoms. The molecule has 1 aliphatic heterocycles. The molecule has 2 heterocycles. The molecular formula is C21H19BrN2O2S. The van der Waals surface area contributed by atoms with Crippen molar-refractivity contribution in [1.29, 1.82) is 0 Å². The number of anilines is 1. The van der Waals surface area contributed by atoms with Crippen molar-refractivity contribution < 1.29 is 8.42 Å². The normalized spacial score (nSPS) is 14.1. The maximum Gasteiger partial charge on any atom is 0.264 e. The molecule has 0 amide bonds. The second-order valence-electron chi connectivity index (χ2n) is 6.66. The molecule has 0 spiro atoms. The van der Waals surface area contributed by atoms with E-state index in [0.717, 1.165) is 39.8 Å². The van der Waals surface area contributed by atoms with Gasteiger partial charge < -0.3 is 0 Å². The molecule has 1 aromatic heterocycles. The van der Waals surface area contributed by atoms with E-state index in [1.807, 2.05) is 55.5 Å². The van der Waals surface area contributed by atoms with Crippen molar-refractivity contribution in [3.8, 4) is 11.3 Å². The minimum Gasteiger partial charge on any atom is -0.264 e. The Kier molecular flexibility index (Phi) is 4.78. The fraction of sp³-hybridized carbons (Fsp3) is 0.190. The summed E-state index contributed by atoms with van der Waals surface area (Å²) in [6.45, 7) is 2.42. The van der Waals surface area contributed by atoms with Crippen molar-refractivity contribution >= 4 is 31.6 Å². The van der Waals surface area contributed by atoms with E-state index in [2.05, 4.69) is 15.9 Å². The molecule has 3 aromatic rings. The number of nitrogens with zero attached hydrogens (tertiary/aromatic N) is 2. The van der Waals surface area contributed by atoms with Crippen LogP contribution in [0.5, 0.6) is 0 Å². The molecule has 0 unspecified atom stereocenters. The number of benzene rings is 2. The SMILES string of the molecule is Cc1ccc(S(=O)(=O)N2CCCc3nc(-c4ccc(Br)cc4)ccc32)cc1. The van der Waals surface area contributed by atoms with Gasteiger partial charge in [0.25, 0.3) is 10.0 Å². The van der Waals surface area contributed by atoms with E-state index in [1.165, 1.54) is 4.31 Å². The Morgan fingerprint density at radius 3 is 2.37 bits per heavy atom. The van der Waals surface area contributed by atoms with E-state index in [-0.39, 0.29) is 0 Å². The quantitative estimate of drug-likeness (QED) is 0.575. The summed E-state index contributed by atoms with van der Waals surface area (Å²) in [5.74, 6) is 0. The highest BCUT2D eigenvalue weighted by Gasteiger charge is 2.29. The minimum absolute atomic E-state index is 0.318. The lowest BCUT2D eigenvalue weighted by Crippen LogP contribution is -2.35. The average Bonchev–Trinajstić information content (AvgIpc) is 2.68. The third kappa shape index (κ3) is 3.51. The first-order chi connectivity index (χ1) is 12.9. The number of fused-ring (bicyclic) bond motifs is 1. The van der Waals surface area contributed by atoms with Gasteiger partial charge in [-0.15, -0.1) is 0 Å². The lowest BCUT2D eigenvalue weighted by atomic mass is 10.1. The molecule has 4 rings (SSSR count). The van der Waals surface area contributed by atoms with Crippen LogP contribution in [-0.2, 0) is 16.4 Å². The molecule has 6 heteroatoms. The lowest BCUT2D eigenvalue weighted by molar-refractivity contribution is 0.585. The molecule has 0 saturated heterocycles. The van der Waals surface area contributed by atoms with E-state index in [9.17, 15) is 8.42 Å². The van der Waals surface area contributed by atoms with Gasteiger partial charge in [-0.25, -0.2) is 8.42 Å². The van der Waals surface area contributed by atoms with Gasteiger partial charge >= 0.3 is 0 Å². The third-order valence-corrected chi connectivity index (χ3v) is 7.10. The zero-order valence-electron chi connectivity index (χ0n) is 14.9. The van der Waals surface area contributed by atoms with Gasteiger partial charge in [0, 0.05) is 16.6 Å². The van der Waals surface area contributed by atoms with Crippen molar-refractivity contribution in [1.82, 2.24) is 4.98 Å². The fourth-order valence-corrected chi connectivity index (χ4v) is 5.08. The Labute approximate surface area is 168 Å². The van der Waals surface area contributed by atoms with Gasteiger partial charge in [-0.1, -0.05) is 45.8 Å². The second kappa shape index (κ2) is 7.09. The first-order valence-electron chi connectivity index (χ1n) is 8.80. The molecule has 0 saturated carbocycles. The fourth-order valence-electron chi connectivity index (χ4n) is 3.28. The molecule has 0 aliphatic carbocycles. The van der Waals surface area contributed by atoms with Crippen molar-refractivity contribution in [2.45, 2.75) is 24.7 Å². The van der Waals surface area contributed by atoms with Crippen molar-refractivity contribution in [3.63, 3.8) is 0 Å². The van der Waals surface area contributed by atoms with Crippen LogP contribution in [0, 0.1) is 6.92 Å².